The quantitative estimate of drug-likeness (QED) is 0.781. The Bertz CT molecular complexity index is 561. The number of hydrogen-bond acceptors (Lipinski definition) is 2. The molecule has 0 unspecified atom stereocenters. The molecular formula is C12H13Cl2N3. The molecule has 5 heteroatoms. The zero-order chi connectivity index (χ0) is 12.6. The molecule has 0 saturated carbocycles. The molecule has 2 aromatic rings. The van der Waals surface area contributed by atoms with Crippen molar-refractivity contribution in [2.24, 2.45) is 0 Å². The summed E-state index contributed by atoms with van der Waals surface area (Å²) in [5.74, 6) is 0. The van der Waals surface area contributed by atoms with Crippen LogP contribution in [0.2, 0.25) is 10.2 Å². The second kappa shape index (κ2) is 4.67. The minimum absolute atomic E-state index is 0.447. The van der Waals surface area contributed by atoms with Crippen molar-refractivity contribution in [3.8, 4) is 0 Å². The number of pyridine rings is 1. The summed E-state index contributed by atoms with van der Waals surface area (Å²) >= 11 is 11.9. The highest BCUT2D eigenvalue weighted by Gasteiger charge is 2.10. The lowest BCUT2D eigenvalue weighted by molar-refractivity contribution is 0.646. The van der Waals surface area contributed by atoms with E-state index in [-0.39, 0.29) is 0 Å². The molecule has 0 fully saturated rings. The van der Waals surface area contributed by atoms with Gasteiger partial charge < -0.3 is 0 Å². The molecule has 2 heterocycles. The first-order valence-electron chi connectivity index (χ1n) is 5.30. The summed E-state index contributed by atoms with van der Waals surface area (Å²) in [6, 6.07) is 3.44. The monoisotopic (exact) mass is 269 g/mol. The number of aromatic nitrogens is 3. The van der Waals surface area contributed by atoms with Crippen LogP contribution in [-0.2, 0) is 6.54 Å². The van der Waals surface area contributed by atoms with Gasteiger partial charge in [0.05, 0.1) is 23.0 Å². The van der Waals surface area contributed by atoms with Crippen LogP contribution in [0, 0.1) is 20.8 Å². The number of rotatable bonds is 2. The van der Waals surface area contributed by atoms with E-state index >= 15 is 0 Å². The number of aryl methyl sites for hydroxylation is 1. The third kappa shape index (κ3) is 2.45. The van der Waals surface area contributed by atoms with Crippen molar-refractivity contribution in [1.82, 2.24) is 14.8 Å². The normalized spacial score (nSPS) is 10.9. The maximum Gasteiger partial charge on any atom is 0.129 e. The summed E-state index contributed by atoms with van der Waals surface area (Å²) in [4.78, 5) is 4.22. The molecule has 0 saturated heterocycles. The highest BCUT2D eigenvalue weighted by molar-refractivity contribution is 6.32. The molecule has 0 aliphatic rings. The van der Waals surface area contributed by atoms with Crippen molar-refractivity contribution < 1.29 is 0 Å². The molecule has 3 nitrogen and oxygen atoms in total. The van der Waals surface area contributed by atoms with Gasteiger partial charge in [0, 0.05) is 5.69 Å². The van der Waals surface area contributed by atoms with Crippen molar-refractivity contribution in [2.75, 3.05) is 0 Å². The predicted octanol–water partition coefficient (Wildman–Crippen LogP) is 3.56. The van der Waals surface area contributed by atoms with E-state index in [4.69, 9.17) is 23.2 Å². The molecule has 17 heavy (non-hydrogen) atoms. The highest BCUT2D eigenvalue weighted by Crippen LogP contribution is 2.19. The Balaban J connectivity index is 2.37. The summed E-state index contributed by atoms with van der Waals surface area (Å²) in [5.41, 5.74) is 4.09. The Morgan fingerprint density at radius 2 is 1.88 bits per heavy atom. The minimum atomic E-state index is 0.447. The van der Waals surface area contributed by atoms with Gasteiger partial charge in [-0.25, -0.2) is 4.98 Å². The van der Waals surface area contributed by atoms with Crippen LogP contribution >= 0.6 is 23.2 Å². The molecule has 2 rings (SSSR count). The Kier molecular flexibility index (Phi) is 3.40. The van der Waals surface area contributed by atoms with E-state index in [1.54, 1.807) is 12.1 Å². The van der Waals surface area contributed by atoms with Gasteiger partial charge >= 0.3 is 0 Å². The maximum absolute atomic E-state index is 6.08. The van der Waals surface area contributed by atoms with Crippen LogP contribution in [0.25, 0.3) is 0 Å². The molecule has 90 valence electrons. The molecule has 0 aliphatic heterocycles. The maximum atomic E-state index is 6.08. The molecule has 0 atom stereocenters. The summed E-state index contributed by atoms with van der Waals surface area (Å²) in [6.45, 7) is 6.63. The lowest BCUT2D eigenvalue weighted by Crippen LogP contribution is -2.06. The van der Waals surface area contributed by atoms with Crippen molar-refractivity contribution in [3.05, 3.63) is 45.0 Å². The van der Waals surface area contributed by atoms with Gasteiger partial charge in [0.15, 0.2) is 0 Å². The van der Waals surface area contributed by atoms with E-state index in [1.807, 2.05) is 18.5 Å². The largest absolute Gasteiger partial charge is 0.263 e. The summed E-state index contributed by atoms with van der Waals surface area (Å²) < 4.78 is 1.90. The van der Waals surface area contributed by atoms with E-state index < -0.39 is 0 Å². The van der Waals surface area contributed by atoms with Crippen LogP contribution < -0.4 is 0 Å². The van der Waals surface area contributed by atoms with E-state index in [2.05, 4.69) is 17.0 Å². The number of hydrogen-bond donors (Lipinski definition) is 0. The van der Waals surface area contributed by atoms with Crippen LogP contribution in [0.4, 0.5) is 0 Å². The van der Waals surface area contributed by atoms with Gasteiger partial charge in [0.2, 0.25) is 0 Å². The van der Waals surface area contributed by atoms with Gasteiger partial charge in [0.25, 0.3) is 0 Å². The fourth-order valence-corrected chi connectivity index (χ4v) is 1.98. The summed E-state index contributed by atoms with van der Waals surface area (Å²) in [5, 5.41) is 5.51. The van der Waals surface area contributed by atoms with Gasteiger partial charge in [-0.15, -0.1) is 0 Å². The van der Waals surface area contributed by atoms with Gasteiger partial charge in [-0.1, -0.05) is 23.2 Å². The first kappa shape index (κ1) is 12.4. The fraction of sp³-hybridized carbons (Fsp3) is 0.333. The number of halogens is 2. The van der Waals surface area contributed by atoms with Gasteiger partial charge in [-0.3, -0.25) is 4.68 Å². The van der Waals surface area contributed by atoms with E-state index in [9.17, 15) is 0 Å². The lowest BCUT2D eigenvalue weighted by Gasteiger charge is -2.06. The molecule has 2 aromatic heterocycles. The minimum Gasteiger partial charge on any atom is -0.263 e. The topological polar surface area (TPSA) is 30.7 Å². The molecule has 0 radical (unpaired) electrons. The molecule has 0 aromatic carbocycles. The third-order valence-corrected chi connectivity index (χ3v) is 3.48. The summed E-state index contributed by atoms with van der Waals surface area (Å²) in [6.07, 6.45) is 0. The van der Waals surface area contributed by atoms with Gasteiger partial charge in [0.1, 0.15) is 5.15 Å². The van der Waals surface area contributed by atoms with Crippen molar-refractivity contribution in [1.29, 1.82) is 0 Å². The zero-order valence-corrected chi connectivity index (χ0v) is 11.5. The zero-order valence-electron chi connectivity index (χ0n) is 9.96. The average molecular weight is 270 g/mol. The molecule has 0 aliphatic carbocycles. The van der Waals surface area contributed by atoms with Crippen molar-refractivity contribution in [3.63, 3.8) is 0 Å². The molecule has 0 bridgehead atoms. The van der Waals surface area contributed by atoms with Crippen molar-refractivity contribution >= 4 is 23.2 Å². The van der Waals surface area contributed by atoms with Crippen LogP contribution in [0.1, 0.15) is 22.6 Å². The van der Waals surface area contributed by atoms with Crippen LogP contribution in [0.3, 0.4) is 0 Å². The molecule has 0 N–H and O–H groups in total. The average Bonchev–Trinajstić information content (AvgIpc) is 2.52. The van der Waals surface area contributed by atoms with Gasteiger partial charge in [-0.2, -0.15) is 5.10 Å². The standard InChI is InChI=1S/C12H13Cl2N3/c1-7-8(2)16-17(9(7)3)6-11-10(13)4-5-12(14)15-11/h4-5H,6H2,1-3H3. The Labute approximate surface area is 110 Å². The van der Waals surface area contributed by atoms with Crippen LogP contribution in [0.5, 0.6) is 0 Å². The second-order valence-electron chi connectivity index (χ2n) is 4.02. The van der Waals surface area contributed by atoms with Crippen LogP contribution in [-0.4, -0.2) is 14.8 Å². The summed E-state index contributed by atoms with van der Waals surface area (Å²) in [7, 11) is 0. The molecular weight excluding hydrogens is 257 g/mol. The SMILES string of the molecule is Cc1nn(Cc2nc(Cl)ccc2Cl)c(C)c1C. The Hall–Kier alpha value is -1.06. The van der Waals surface area contributed by atoms with Crippen molar-refractivity contribution in [2.45, 2.75) is 27.3 Å². The van der Waals surface area contributed by atoms with E-state index in [1.165, 1.54) is 5.56 Å². The smallest absolute Gasteiger partial charge is 0.129 e. The number of nitrogens with zero attached hydrogens (tertiary/aromatic N) is 3. The van der Waals surface area contributed by atoms with E-state index in [0.29, 0.717) is 16.7 Å². The Morgan fingerprint density at radius 3 is 2.47 bits per heavy atom. The first-order chi connectivity index (χ1) is 7.99. The Morgan fingerprint density at radius 1 is 1.18 bits per heavy atom. The third-order valence-electron chi connectivity index (χ3n) is 2.93. The fourth-order valence-electron chi connectivity index (χ4n) is 1.65. The second-order valence-corrected chi connectivity index (χ2v) is 4.81. The van der Waals surface area contributed by atoms with Crippen LogP contribution in [0.15, 0.2) is 12.1 Å². The highest BCUT2D eigenvalue weighted by atomic mass is 35.5. The first-order valence-corrected chi connectivity index (χ1v) is 6.06. The molecule has 0 spiro atoms. The molecule has 0 amide bonds. The lowest BCUT2D eigenvalue weighted by atomic mass is 10.2. The predicted molar refractivity (Wildman–Crippen MR) is 69.8 cm³/mol. The van der Waals surface area contributed by atoms with Gasteiger partial charge in [-0.05, 0) is 38.5 Å². The van der Waals surface area contributed by atoms with E-state index in [0.717, 1.165) is 17.1 Å².